The summed E-state index contributed by atoms with van der Waals surface area (Å²) in [6.45, 7) is 5.46. The maximum absolute atomic E-state index is 14.6. The van der Waals surface area contributed by atoms with Gasteiger partial charge in [-0.15, -0.1) is 0 Å². The smallest absolute Gasteiger partial charge is 0.326 e. The Morgan fingerprint density at radius 3 is 1.60 bits per heavy atom. The fraction of sp³-hybridized carbons (Fsp3) is 0.657. The topological polar surface area (TPSA) is 670 Å². The fourth-order valence-electron chi connectivity index (χ4n) is 11.0. The average molecular weight is 1550 g/mol. The van der Waals surface area contributed by atoms with Crippen molar-refractivity contribution in [2.45, 2.75) is 209 Å². The third kappa shape index (κ3) is 33.9. The molecular formula is C67H112N20O20S. The number of nitrogens with zero attached hydrogens (tertiary/aromatic N) is 2. The van der Waals surface area contributed by atoms with Crippen molar-refractivity contribution < 1.29 is 97.1 Å². The molecule has 14 atom stereocenters. The van der Waals surface area contributed by atoms with Gasteiger partial charge in [-0.1, -0.05) is 64.4 Å². The third-order valence-corrected chi connectivity index (χ3v) is 18.0. The summed E-state index contributed by atoms with van der Waals surface area (Å²) in [6.07, 6.45) is 2.05. The van der Waals surface area contributed by atoms with Crippen LogP contribution in [0.15, 0.2) is 35.3 Å². The Bertz CT molecular complexity index is 3230. The number of benzene rings is 1. The molecule has 1 aromatic rings. The minimum absolute atomic E-state index is 0.0187. The molecule has 0 bridgehead atoms. The lowest BCUT2D eigenvalue weighted by Gasteiger charge is -2.32. The number of aliphatic hydroxyl groups is 2. The van der Waals surface area contributed by atoms with E-state index in [1.807, 2.05) is 11.6 Å². The first-order chi connectivity index (χ1) is 51.1. The number of amides is 14. The number of aliphatic hydroxyl groups excluding tert-OH is 2. The Balaban J connectivity index is 2.28. The summed E-state index contributed by atoms with van der Waals surface area (Å²) in [7, 11) is 0. The molecule has 0 unspecified atom stereocenters. The zero-order chi connectivity index (χ0) is 81.3. The van der Waals surface area contributed by atoms with Crippen LogP contribution in [0.5, 0.6) is 0 Å². The lowest BCUT2D eigenvalue weighted by Crippen LogP contribution is -2.61. The van der Waals surface area contributed by atoms with Crippen LogP contribution in [-0.2, 0) is 83.1 Å². The normalized spacial score (nSPS) is 16.1. The number of unbranched alkanes of at least 4 members (excludes halogenated alkanes) is 2. The highest BCUT2D eigenvalue weighted by atomic mass is 32.2. The van der Waals surface area contributed by atoms with Gasteiger partial charge in [0, 0.05) is 19.5 Å². The molecule has 0 saturated carbocycles. The molecule has 1 aromatic carbocycles. The Kier molecular flexibility index (Phi) is 43.6. The minimum atomic E-state index is -1.96. The van der Waals surface area contributed by atoms with Gasteiger partial charge >= 0.3 is 11.9 Å². The number of hydrogen-bond donors (Lipinski definition) is 22. The molecule has 28 N–H and O–H groups in total. The molecule has 0 aromatic heterocycles. The first-order valence-electron chi connectivity index (χ1n) is 35.7. The lowest BCUT2D eigenvalue weighted by atomic mass is 9.96. The van der Waals surface area contributed by atoms with Crippen LogP contribution in [0, 0.1) is 11.8 Å². The van der Waals surface area contributed by atoms with E-state index in [1.54, 1.807) is 58.0 Å². The maximum atomic E-state index is 14.6. The summed E-state index contributed by atoms with van der Waals surface area (Å²) in [5.41, 5.74) is 34.6. The second kappa shape index (κ2) is 49.9. The molecule has 0 aliphatic carbocycles. The number of nitrogens with two attached hydrogens (primary N) is 6. The van der Waals surface area contributed by atoms with Crippen LogP contribution in [0.25, 0.3) is 0 Å². The number of hydrogen-bond acceptors (Lipinski definition) is 23. The zero-order valence-corrected chi connectivity index (χ0v) is 62.7. The van der Waals surface area contributed by atoms with Crippen LogP contribution >= 0.6 is 11.8 Å². The summed E-state index contributed by atoms with van der Waals surface area (Å²) < 4.78 is 0. The highest BCUT2D eigenvalue weighted by Crippen LogP contribution is 2.21. The van der Waals surface area contributed by atoms with E-state index in [2.05, 4.69) is 63.5 Å². The van der Waals surface area contributed by atoms with Crippen molar-refractivity contribution in [1.82, 2.24) is 68.7 Å². The molecule has 1 aliphatic rings. The first kappa shape index (κ1) is 94.2. The van der Waals surface area contributed by atoms with Gasteiger partial charge in [0.1, 0.15) is 72.5 Å². The highest BCUT2D eigenvalue weighted by Gasteiger charge is 2.41. The maximum Gasteiger partial charge on any atom is 0.326 e. The van der Waals surface area contributed by atoms with Crippen LogP contribution in [0.4, 0.5) is 0 Å². The van der Waals surface area contributed by atoms with Gasteiger partial charge in [-0.2, -0.15) is 11.8 Å². The predicted molar refractivity (Wildman–Crippen MR) is 394 cm³/mol. The van der Waals surface area contributed by atoms with Crippen molar-refractivity contribution in [3.63, 3.8) is 0 Å². The van der Waals surface area contributed by atoms with Crippen molar-refractivity contribution in [3.05, 3.63) is 35.9 Å². The monoisotopic (exact) mass is 1550 g/mol. The van der Waals surface area contributed by atoms with Crippen LogP contribution in [0.3, 0.4) is 0 Å². The van der Waals surface area contributed by atoms with E-state index in [1.165, 1.54) is 16.7 Å². The molecule has 0 spiro atoms. The largest absolute Gasteiger partial charge is 0.481 e. The molecule has 1 heterocycles. The van der Waals surface area contributed by atoms with Crippen LogP contribution in [0.1, 0.15) is 130 Å². The Morgan fingerprint density at radius 1 is 0.556 bits per heavy atom. The van der Waals surface area contributed by atoms with Gasteiger partial charge < -0.3 is 124 Å². The summed E-state index contributed by atoms with van der Waals surface area (Å²) in [5.74, 6) is -17.3. The van der Waals surface area contributed by atoms with E-state index >= 15 is 0 Å². The van der Waals surface area contributed by atoms with Gasteiger partial charge in [-0.3, -0.25) is 76.9 Å². The number of thioether (sulfide) groups is 1. The SMILES string of the molecule is CC[C@H](C)[C@H](NC(=O)[C@H](CCCN=C(N)N)NC(=O)[C@@H](NC(=O)[C@@H](N)CCSC)C(C)C)C(=O)N[C@@H](CCCCN)C(=O)N1CCC[C@H]1C(=O)NCC(=O)N[C@@H](CO)C(=O)N[C@@H](C)C(=O)N[C@@H](CC(N)=O)C(=O)N[C@@H](CCCCN)C(=O)N[C@@H](Cc1ccccc1)C(=O)N[C@@H](CO)C(=O)N[C@@H](CC(=O)O)C(=O)O. The van der Waals surface area contributed by atoms with E-state index in [4.69, 9.17) is 39.5 Å². The number of carboxylic acid groups (broad SMARTS) is 2. The van der Waals surface area contributed by atoms with E-state index in [9.17, 15) is 92.0 Å². The Hall–Kier alpha value is -9.84. The van der Waals surface area contributed by atoms with E-state index < -0.39 is 218 Å². The lowest BCUT2D eigenvalue weighted by molar-refractivity contribution is -0.147. The van der Waals surface area contributed by atoms with Crippen molar-refractivity contribution in [3.8, 4) is 0 Å². The molecule has 14 amide bonds. The molecule has 0 radical (unpaired) electrons. The van der Waals surface area contributed by atoms with Crippen LogP contribution < -0.4 is 98.2 Å². The summed E-state index contributed by atoms with van der Waals surface area (Å²) in [6, 6.07) is -11.2. The van der Waals surface area contributed by atoms with Gasteiger partial charge in [0.05, 0.1) is 38.6 Å². The number of carbonyl (C=O) groups is 16. The van der Waals surface area contributed by atoms with Gasteiger partial charge in [0.25, 0.3) is 0 Å². The van der Waals surface area contributed by atoms with Crippen molar-refractivity contribution >= 4 is 112 Å². The number of primary amides is 1. The Morgan fingerprint density at radius 2 is 1.05 bits per heavy atom. The average Bonchev–Trinajstić information content (AvgIpc) is 1.62. The molecule has 40 nitrogen and oxygen atoms in total. The van der Waals surface area contributed by atoms with Gasteiger partial charge in [-0.05, 0) is 120 Å². The summed E-state index contributed by atoms with van der Waals surface area (Å²) in [4.78, 5) is 220. The zero-order valence-electron chi connectivity index (χ0n) is 61.9. The van der Waals surface area contributed by atoms with Gasteiger partial charge in [0.2, 0.25) is 82.7 Å². The van der Waals surface area contributed by atoms with Crippen molar-refractivity contribution in [2.24, 2.45) is 51.2 Å². The molecule has 2 rings (SSSR count). The summed E-state index contributed by atoms with van der Waals surface area (Å²) in [5, 5.41) is 68.0. The third-order valence-electron chi connectivity index (χ3n) is 17.3. The number of aliphatic imine (C=N–C) groups is 1. The Labute approximate surface area is 630 Å². The number of likely N-dealkylation sites (tertiary alicyclic amines) is 1. The van der Waals surface area contributed by atoms with E-state index in [0.717, 1.165) is 6.92 Å². The molecule has 1 fully saturated rings. The fourth-order valence-corrected chi connectivity index (χ4v) is 11.5. The number of carbonyl (C=O) groups excluding carboxylic acids is 14. The first-order valence-corrected chi connectivity index (χ1v) is 37.1. The van der Waals surface area contributed by atoms with E-state index in [0.29, 0.717) is 49.8 Å². The number of carboxylic acids is 2. The highest BCUT2D eigenvalue weighted by molar-refractivity contribution is 7.98. The standard InChI is InChI=1S/C67H112N20O20S/c1-7-36(4)53(86-57(97)41(21-15-26-74-67(72)73)79-63(103)52(35(2)3)85-55(95)39(70)23-28-108-6)64(104)80-42(20-12-14-25-69)65(105)87-27-16-22-48(87)62(102)75-32-50(91)77-46(33-88)60(100)76-37(5)54(94)81-44(30-49(71)90)59(99)78-40(19-11-13-24-68)56(96)82-43(29-38-17-9-8-10-18-38)58(98)84-47(34-89)61(101)83-45(66(106)107)31-51(92)93/h8-10,17-18,35-37,39-48,52-53,88-89H,7,11-16,19-34,68-70H2,1-6H3,(H2,71,90)(H,75,102)(H,76,100)(H,77,91)(H,78,99)(H,79,103)(H,80,104)(H,81,94)(H,82,96)(H,83,101)(H,84,98)(H,85,95)(H,86,97)(H,92,93)(H,106,107)(H4,72,73,74)/t36-,37-,39-,40-,41-,42-,43-,44-,45-,46-,47-,48-,52-,53-/m0/s1. The van der Waals surface area contributed by atoms with Crippen molar-refractivity contribution in [1.29, 1.82) is 0 Å². The quantitative estimate of drug-likeness (QED) is 0.0164. The number of nitrogens with one attached hydrogen (secondary N) is 12. The molecule has 41 heteroatoms. The van der Waals surface area contributed by atoms with Crippen LogP contribution in [-0.4, -0.2) is 262 Å². The van der Waals surface area contributed by atoms with Gasteiger partial charge in [-0.25, -0.2) is 4.79 Å². The minimum Gasteiger partial charge on any atom is -0.481 e. The predicted octanol–water partition coefficient (Wildman–Crippen LogP) is -7.80. The van der Waals surface area contributed by atoms with Gasteiger partial charge in [0.15, 0.2) is 5.96 Å². The summed E-state index contributed by atoms with van der Waals surface area (Å²) >= 11 is 1.49. The second-order valence-corrected chi connectivity index (χ2v) is 27.3. The molecule has 1 saturated heterocycles. The number of aliphatic carboxylic acids is 2. The molecule has 606 valence electrons. The molecular weight excluding hydrogens is 1440 g/mol. The van der Waals surface area contributed by atoms with Crippen molar-refractivity contribution in [2.75, 3.05) is 57.9 Å². The second-order valence-electron chi connectivity index (χ2n) is 26.4. The molecule has 108 heavy (non-hydrogen) atoms. The van der Waals surface area contributed by atoms with E-state index in [-0.39, 0.29) is 77.1 Å². The van der Waals surface area contributed by atoms with Crippen LogP contribution in [0.2, 0.25) is 0 Å². The molecule has 1 aliphatic heterocycles. The number of guanidine groups is 1. The number of rotatable bonds is 52.